The molecule has 0 aliphatic carbocycles. The Kier molecular flexibility index (Phi) is 6.47. The largest absolute Gasteiger partial charge is 0.469 e. The van der Waals surface area contributed by atoms with E-state index in [1.54, 1.807) is 0 Å². The number of fused-ring (bicyclic) bond motifs is 1. The highest BCUT2D eigenvalue weighted by Crippen LogP contribution is 2.44. The van der Waals surface area contributed by atoms with E-state index in [-0.39, 0.29) is 35.9 Å². The van der Waals surface area contributed by atoms with E-state index in [9.17, 15) is 4.79 Å². The van der Waals surface area contributed by atoms with Gasteiger partial charge in [0.1, 0.15) is 5.60 Å². The van der Waals surface area contributed by atoms with Crippen LogP contribution in [-0.4, -0.2) is 47.5 Å². The molecule has 0 unspecified atom stereocenters. The van der Waals surface area contributed by atoms with Crippen LogP contribution < -0.4 is 0 Å². The summed E-state index contributed by atoms with van der Waals surface area (Å²) >= 11 is 2.37. The summed E-state index contributed by atoms with van der Waals surface area (Å²) in [6.45, 7) is 9.06. The number of carbonyl (C=O) groups is 1. The Morgan fingerprint density at radius 1 is 1.50 bits per heavy atom. The summed E-state index contributed by atoms with van der Waals surface area (Å²) in [6.07, 6.45) is 4.97. The minimum absolute atomic E-state index is 0.00486. The van der Waals surface area contributed by atoms with Gasteiger partial charge in [0.05, 0.1) is 25.4 Å². The van der Waals surface area contributed by atoms with Crippen LogP contribution in [0.15, 0.2) is 0 Å². The molecule has 0 radical (unpaired) electrons. The topological polar surface area (TPSA) is 49.1 Å². The van der Waals surface area contributed by atoms with Gasteiger partial charge in [0.25, 0.3) is 0 Å². The number of rotatable bonds is 6. The number of carbonyl (C=O) groups excluding carboxylic acids is 1. The van der Waals surface area contributed by atoms with Crippen molar-refractivity contribution >= 4 is 28.6 Å². The van der Waals surface area contributed by atoms with Crippen molar-refractivity contribution in [3.8, 4) is 0 Å². The fourth-order valence-corrected chi connectivity index (χ4v) is 4.41. The summed E-state index contributed by atoms with van der Waals surface area (Å²) in [6, 6.07) is 0.00486. The molecule has 2 aliphatic heterocycles. The first kappa shape index (κ1) is 18.0. The summed E-state index contributed by atoms with van der Waals surface area (Å²) < 4.78 is 18.1. The molecule has 0 aromatic carbocycles. The van der Waals surface area contributed by atoms with E-state index in [2.05, 4.69) is 27.4 Å². The molecule has 0 aromatic heterocycles. The molecule has 0 saturated carbocycles. The summed E-state index contributed by atoms with van der Waals surface area (Å²) in [5.41, 5.74) is -0.244. The van der Waals surface area contributed by atoms with Crippen molar-refractivity contribution in [2.24, 2.45) is 0 Å². The molecule has 0 aromatic rings. The summed E-state index contributed by atoms with van der Waals surface area (Å²) in [5, 5.41) is 0. The molecule has 124 valence electrons. The number of esters is 1. The molecule has 2 heterocycles. The van der Waals surface area contributed by atoms with E-state index in [1.165, 1.54) is 7.11 Å². The Bertz CT molecular complexity index is 438. The maximum absolute atomic E-state index is 11.3. The Balaban J connectivity index is 1.94. The van der Waals surface area contributed by atoms with Gasteiger partial charge in [-0.25, -0.2) is 6.57 Å². The van der Waals surface area contributed by atoms with Crippen molar-refractivity contribution in [2.75, 3.05) is 11.5 Å². The van der Waals surface area contributed by atoms with E-state index >= 15 is 0 Å². The zero-order valence-corrected chi connectivity index (χ0v) is 15.4. The third kappa shape index (κ3) is 4.12. The predicted molar refractivity (Wildman–Crippen MR) is 90.9 cm³/mol. The number of methoxy groups -OCH3 is 1. The highest BCUT2D eigenvalue weighted by Gasteiger charge is 2.52. The van der Waals surface area contributed by atoms with Crippen LogP contribution in [0.4, 0.5) is 0 Å². The Labute approximate surface area is 146 Å². The van der Waals surface area contributed by atoms with Gasteiger partial charge in [-0.3, -0.25) is 4.79 Å². The van der Waals surface area contributed by atoms with Crippen LogP contribution in [0.25, 0.3) is 4.85 Å². The second-order valence-corrected chi connectivity index (χ2v) is 7.06. The van der Waals surface area contributed by atoms with E-state index in [0.717, 1.165) is 30.1 Å². The molecule has 0 bridgehead atoms. The smallest absolute Gasteiger partial charge is 0.305 e. The lowest BCUT2D eigenvalue weighted by atomic mass is 9.86. The summed E-state index contributed by atoms with van der Waals surface area (Å²) in [4.78, 5) is 14.9. The minimum atomic E-state index is -0.244. The van der Waals surface area contributed by atoms with Crippen molar-refractivity contribution in [1.29, 1.82) is 0 Å². The van der Waals surface area contributed by atoms with E-state index < -0.39 is 0 Å². The lowest BCUT2D eigenvalue weighted by Gasteiger charge is -2.41. The van der Waals surface area contributed by atoms with Gasteiger partial charge in [-0.2, -0.15) is 0 Å². The lowest BCUT2D eigenvalue weighted by molar-refractivity contribution is -0.154. The highest BCUT2D eigenvalue weighted by molar-refractivity contribution is 14.1. The second-order valence-electron chi connectivity index (χ2n) is 6.30. The molecular weight excluding hydrogens is 397 g/mol. The van der Waals surface area contributed by atoms with E-state index in [1.807, 2.05) is 6.92 Å². The standard InChI is InChI=1S/C16H24INO4/c1-11(18-2)8-12-4-6-14-16(10-17,22-12)9-13(21-14)5-7-15(19)20-3/h11-14H,4-10H2,1,3H3/t11-,12-,13+,14+,16-/m1/s1. The summed E-state index contributed by atoms with van der Waals surface area (Å²) in [5.74, 6) is -0.188. The van der Waals surface area contributed by atoms with E-state index in [4.69, 9.17) is 20.8 Å². The van der Waals surface area contributed by atoms with Gasteiger partial charge in [0, 0.05) is 30.6 Å². The van der Waals surface area contributed by atoms with Crippen LogP contribution in [0.1, 0.15) is 45.4 Å². The van der Waals surface area contributed by atoms with Crippen molar-refractivity contribution in [3.63, 3.8) is 0 Å². The van der Waals surface area contributed by atoms with Crippen molar-refractivity contribution < 1.29 is 19.0 Å². The molecule has 5 nitrogen and oxygen atoms in total. The van der Waals surface area contributed by atoms with Gasteiger partial charge in [0.2, 0.25) is 6.04 Å². The average Bonchev–Trinajstić information content (AvgIpc) is 2.90. The van der Waals surface area contributed by atoms with Gasteiger partial charge >= 0.3 is 5.97 Å². The number of ether oxygens (including phenoxy) is 3. The molecule has 0 spiro atoms. The molecular formula is C16H24INO4. The van der Waals surface area contributed by atoms with Gasteiger partial charge in [0.15, 0.2) is 0 Å². The molecule has 5 atom stereocenters. The van der Waals surface area contributed by atoms with Gasteiger partial charge < -0.3 is 19.1 Å². The van der Waals surface area contributed by atoms with Crippen molar-refractivity contribution in [2.45, 2.75) is 75.4 Å². The summed E-state index contributed by atoms with van der Waals surface area (Å²) in [7, 11) is 1.41. The zero-order chi connectivity index (χ0) is 16.2. The Morgan fingerprint density at radius 2 is 2.27 bits per heavy atom. The van der Waals surface area contributed by atoms with Gasteiger partial charge in [-0.1, -0.05) is 22.6 Å². The van der Waals surface area contributed by atoms with Crippen LogP contribution in [0.3, 0.4) is 0 Å². The van der Waals surface area contributed by atoms with Gasteiger partial charge in [-0.15, -0.1) is 0 Å². The molecule has 2 fully saturated rings. The zero-order valence-electron chi connectivity index (χ0n) is 13.2. The number of hydrogen-bond acceptors (Lipinski definition) is 4. The van der Waals surface area contributed by atoms with Crippen LogP contribution in [-0.2, 0) is 19.0 Å². The average molecular weight is 421 g/mol. The number of alkyl halides is 1. The molecule has 6 heteroatoms. The van der Waals surface area contributed by atoms with Crippen LogP contribution in [0.2, 0.25) is 0 Å². The molecule has 0 amide bonds. The lowest BCUT2D eigenvalue weighted by Crippen LogP contribution is -2.50. The highest BCUT2D eigenvalue weighted by atomic mass is 127. The first-order chi connectivity index (χ1) is 10.5. The van der Waals surface area contributed by atoms with Crippen molar-refractivity contribution in [1.82, 2.24) is 0 Å². The fourth-order valence-electron chi connectivity index (χ4n) is 3.43. The molecule has 2 aliphatic rings. The Morgan fingerprint density at radius 3 is 2.91 bits per heavy atom. The SMILES string of the molecule is [C-]#[N+][C@H](C)C[C@H]1CC[C@@H]2O[C@@H](CCC(=O)OC)C[C@]2(CI)O1. The first-order valence-electron chi connectivity index (χ1n) is 7.85. The Hall–Kier alpha value is -0.390. The fraction of sp³-hybridized carbons (Fsp3) is 0.875. The number of hydrogen-bond donors (Lipinski definition) is 0. The van der Waals surface area contributed by atoms with Crippen LogP contribution in [0, 0.1) is 6.57 Å². The maximum Gasteiger partial charge on any atom is 0.305 e. The van der Waals surface area contributed by atoms with Gasteiger partial charge in [-0.05, 0) is 19.3 Å². The normalized spacial score (nSPS) is 35.5. The predicted octanol–water partition coefficient (Wildman–Crippen LogP) is 3.15. The second kappa shape index (κ2) is 7.93. The third-order valence-electron chi connectivity index (χ3n) is 4.62. The third-order valence-corrected chi connectivity index (χ3v) is 5.91. The van der Waals surface area contributed by atoms with Crippen LogP contribution >= 0.6 is 22.6 Å². The molecule has 22 heavy (non-hydrogen) atoms. The maximum atomic E-state index is 11.3. The number of nitrogens with zero attached hydrogens (tertiary/aromatic N) is 1. The quantitative estimate of drug-likeness (QED) is 0.286. The van der Waals surface area contributed by atoms with E-state index in [0.29, 0.717) is 12.8 Å². The monoisotopic (exact) mass is 421 g/mol. The molecule has 0 N–H and O–H groups in total. The molecule has 2 rings (SSSR count). The minimum Gasteiger partial charge on any atom is -0.469 e. The van der Waals surface area contributed by atoms with Crippen LogP contribution in [0.5, 0.6) is 0 Å². The molecule has 2 saturated heterocycles. The number of halogens is 1. The van der Waals surface area contributed by atoms with Crippen molar-refractivity contribution in [3.05, 3.63) is 11.4 Å². The first-order valence-corrected chi connectivity index (χ1v) is 9.38.